The zero-order chi connectivity index (χ0) is 24.3. The molecule has 1 atom stereocenters. The standard InChI is InChI=1S/C26H30ClN3O3S/c1-18(19-13-20(27)15-22(14-19)33-2)23-16-26(34(3,31)32)24(29-21-7-5-4-6-8-21)17-25(23)30-11-9-28-10-12-30/h4-8,13-18,28-29H,9-12H2,1-3H3. The van der Waals surface area contributed by atoms with E-state index in [1.165, 1.54) is 6.26 Å². The lowest BCUT2D eigenvalue weighted by Gasteiger charge is -2.33. The third-order valence-corrected chi connectivity index (χ3v) is 7.49. The molecule has 0 aliphatic carbocycles. The van der Waals surface area contributed by atoms with Gasteiger partial charge >= 0.3 is 0 Å². The summed E-state index contributed by atoms with van der Waals surface area (Å²) in [4.78, 5) is 2.58. The van der Waals surface area contributed by atoms with Crippen molar-refractivity contribution in [2.75, 3.05) is 49.8 Å². The van der Waals surface area contributed by atoms with Gasteiger partial charge in [0, 0.05) is 54.8 Å². The van der Waals surface area contributed by atoms with Gasteiger partial charge in [0.2, 0.25) is 0 Å². The zero-order valence-electron chi connectivity index (χ0n) is 19.6. The number of nitrogens with zero attached hydrogens (tertiary/aromatic N) is 1. The number of halogens is 1. The topological polar surface area (TPSA) is 70.7 Å². The third kappa shape index (κ3) is 5.49. The van der Waals surface area contributed by atoms with Gasteiger partial charge in [-0.05, 0) is 53.6 Å². The molecule has 2 N–H and O–H groups in total. The molecule has 1 fully saturated rings. The van der Waals surface area contributed by atoms with Crippen LogP contribution in [-0.2, 0) is 9.84 Å². The lowest BCUT2D eigenvalue weighted by molar-refractivity contribution is 0.414. The molecule has 1 aliphatic rings. The Kier molecular flexibility index (Phi) is 7.36. The van der Waals surface area contributed by atoms with Crippen LogP contribution >= 0.6 is 11.6 Å². The van der Waals surface area contributed by atoms with Gasteiger partial charge in [0.1, 0.15) is 5.75 Å². The van der Waals surface area contributed by atoms with Gasteiger partial charge in [0.15, 0.2) is 9.84 Å². The fourth-order valence-corrected chi connectivity index (χ4v) is 5.41. The average Bonchev–Trinajstić information content (AvgIpc) is 2.83. The van der Waals surface area contributed by atoms with Crippen LogP contribution in [0, 0.1) is 0 Å². The molecular formula is C26H30ClN3O3S. The molecule has 4 rings (SSSR count). The summed E-state index contributed by atoms with van der Waals surface area (Å²) in [7, 11) is -1.90. The summed E-state index contributed by atoms with van der Waals surface area (Å²) in [5.74, 6) is 0.563. The summed E-state index contributed by atoms with van der Waals surface area (Å²) in [5.41, 5.74) is 4.31. The van der Waals surface area contributed by atoms with Crippen molar-refractivity contribution in [3.8, 4) is 5.75 Å². The summed E-state index contributed by atoms with van der Waals surface area (Å²) >= 11 is 6.36. The number of anilines is 3. The molecule has 0 spiro atoms. The van der Waals surface area contributed by atoms with Crippen molar-refractivity contribution in [1.29, 1.82) is 0 Å². The maximum atomic E-state index is 12.9. The monoisotopic (exact) mass is 499 g/mol. The maximum Gasteiger partial charge on any atom is 0.177 e. The SMILES string of the molecule is COc1cc(Cl)cc(C(C)c2cc(S(C)(=O)=O)c(Nc3ccccc3)cc2N2CCNCC2)c1. The second-order valence-corrected chi connectivity index (χ2v) is 11.0. The van der Waals surface area contributed by atoms with E-state index in [0.717, 1.165) is 48.7 Å². The molecule has 3 aromatic carbocycles. The smallest absolute Gasteiger partial charge is 0.177 e. The van der Waals surface area contributed by atoms with Gasteiger partial charge in [0.25, 0.3) is 0 Å². The Morgan fingerprint density at radius 2 is 1.76 bits per heavy atom. The van der Waals surface area contributed by atoms with Gasteiger partial charge in [0.05, 0.1) is 17.7 Å². The summed E-state index contributed by atoms with van der Waals surface area (Å²) < 4.78 is 31.2. The number of ether oxygens (including phenoxy) is 1. The number of rotatable bonds is 7. The number of nitrogens with one attached hydrogen (secondary N) is 2. The molecule has 0 amide bonds. The summed E-state index contributed by atoms with van der Waals surface area (Å²) in [6.07, 6.45) is 1.25. The lowest BCUT2D eigenvalue weighted by atomic mass is 9.90. The van der Waals surface area contributed by atoms with E-state index in [1.807, 2.05) is 54.6 Å². The molecule has 1 heterocycles. The Labute approximate surface area is 206 Å². The first kappa shape index (κ1) is 24.4. The number of para-hydroxylation sites is 1. The van der Waals surface area contributed by atoms with Gasteiger partial charge in [-0.2, -0.15) is 0 Å². The summed E-state index contributed by atoms with van der Waals surface area (Å²) in [5, 5.41) is 7.30. The first-order chi connectivity index (χ1) is 16.3. The van der Waals surface area contributed by atoms with Crippen LogP contribution in [0.4, 0.5) is 17.1 Å². The number of hydrogen-bond donors (Lipinski definition) is 2. The molecule has 0 saturated carbocycles. The Balaban J connectivity index is 1.89. The minimum Gasteiger partial charge on any atom is -0.497 e. The van der Waals surface area contributed by atoms with Gasteiger partial charge in [-0.1, -0.05) is 36.7 Å². The fourth-order valence-electron chi connectivity index (χ4n) is 4.32. The van der Waals surface area contributed by atoms with Crippen molar-refractivity contribution in [2.24, 2.45) is 0 Å². The third-order valence-electron chi connectivity index (χ3n) is 6.13. The Bertz CT molecular complexity index is 1260. The van der Waals surface area contributed by atoms with Crippen LogP contribution in [0.2, 0.25) is 5.02 Å². The number of methoxy groups -OCH3 is 1. The quantitative estimate of drug-likeness (QED) is 0.473. The number of hydrogen-bond acceptors (Lipinski definition) is 6. The van der Waals surface area contributed by atoms with Crippen molar-refractivity contribution in [1.82, 2.24) is 5.32 Å². The first-order valence-corrected chi connectivity index (χ1v) is 13.5. The molecule has 180 valence electrons. The van der Waals surface area contributed by atoms with E-state index >= 15 is 0 Å². The van der Waals surface area contributed by atoms with Crippen molar-refractivity contribution in [3.05, 3.63) is 76.8 Å². The van der Waals surface area contributed by atoms with Crippen LogP contribution < -0.4 is 20.3 Å². The minimum absolute atomic E-state index is 0.108. The lowest BCUT2D eigenvalue weighted by Crippen LogP contribution is -2.44. The molecule has 34 heavy (non-hydrogen) atoms. The molecule has 0 radical (unpaired) electrons. The molecule has 0 aromatic heterocycles. The van der Waals surface area contributed by atoms with Crippen molar-refractivity contribution in [3.63, 3.8) is 0 Å². The predicted octanol–water partition coefficient (Wildman–Crippen LogP) is 5.06. The van der Waals surface area contributed by atoms with Gasteiger partial charge in [-0.3, -0.25) is 0 Å². The van der Waals surface area contributed by atoms with Crippen LogP contribution in [0.5, 0.6) is 5.75 Å². The molecule has 0 bridgehead atoms. The fraction of sp³-hybridized carbons (Fsp3) is 0.308. The molecular weight excluding hydrogens is 470 g/mol. The first-order valence-electron chi connectivity index (χ1n) is 11.3. The second kappa shape index (κ2) is 10.3. The molecule has 1 unspecified atom stereocenters. The maximum absolute atomic E-state index is 12.9. The Hall–Kier alpha value is -2.74. The Morgan fingerprint density at radius 3 is 2.41 bits per heavy atom. The van der Waals surface area contributed by atoms with E-state index in [1.54, 1.807) is 13.2 Å². The van der Waals surface area contributed by atoms with E-state index in [9.17, 15) is 8.42 Å². The van der Waals surface area contributed by atoms with Crippen LogP contribution in [-0.4, -0.2) is 48.0 Å². The predicted molar refractivity (Wildman–Crippen MR) is 140 cm³/mol. The average molecular weight is 500 g/mol. The van der Waals surface area contributed by atoms with E-state index in [2.05, 4.69) is 22.5 Å². The highest BCUT2D eigenvalue weighted by atomic mass is 35.5. The van der Waals surface area contributed by atoms with Crippen LogP contribution in [0.3, 0.4) is 0 Å². The number of sulfone groups is 1. The van der Waals surface area contributed by atoms with Crippen LogP contribution in [0.1, 0.15) is 24.0 Å². The van der Waals surface area contributed by atoms with Crippen molar-refractivity contribution < 1.29 is 13.2 Å². The zero-order valence-corrected chi connectivity index (χ0v) is 21.2. The minimum atomic E-state index is -3.50. The highest BCUT2D eigenvalue weighted by Crippen LogP contribution is 2.40. The van der Waals surface area contributed by atoms with E-state index in [-0.39, 0.29) is 10.8 Å². The largest absolute Gasteiger partial charge is 0.497 e. The molecule has 8 heteroatoms. The molecule has 3 aromatic rings. The second-order valence-electron chi connectivity index (χ2n) is 8.55. The van der Waals surface area contributed by atoms with Gasteiger partial charge < -0.3 is 20.3 Å². The highest BCUT2D eigenvalue weighted by molar-refractivity contribution is 7.90. The van der Waals surface area contributed by atoms with E-state index in [0.29, 0.717) is 16.5 Å². The highest BCUT2D eigenvalue weighted by Gasteiger charge is 2.25. The molecule has 1 aliphatic heterocycles. The van der Waals surface area contributed by atoms with Crippen LogP contribution in [0.15, 0.2) is 65.6 Å². The van der Waals surface area contributed by atoms with E-state index in [4.69, 9.17) is 16.3 Å². The van der Waals surface area contributed by atoms with Crippen LogP contribution in [0.25, 0.3) is 0 Å². The number of benzene rings is 3. The normalized spacial score (nSPS) is 15.1. The summed E-state index contributed by atoms with van der Waals surface area (Å²) in [6.45, 7) is 5.48. The molecule has 6 nitrogen and oxygen atoms in total. The number of piperazine rings is 1. The van der Waals surface area contributed by atoms with Crippen molar-refractivity contribution >= 4 is 38.5 Å². The van der Waals surface area contributed by atoms with Gasteiger partial charge in [-0.25, -0.2) is 8.42 Å². The molecule has 1 saturated heterocycles. The van der Waals surface area contributed by atoms with Crippen molar-refractivity contribution in [2.45, 2.75) is 17.7 Å². The summed E-state index contributed by atoms with van der Waals surface area (Å²) in [6, 6.07) is 19.0. The Morgan fingerprint density at radius 1 is 1.06 bits per heavy atom. The van der Waals surface area contributed by atoms with Gasteiger partial charge in [-0.15, -0.1) is 0 Å². The van der Waals surface area contributed by atoms with E-state index < -0.39 is 9.84 Å².